The molecule has 4 rings (SSSR count). The van der Waals surface area contributed by atoms with Crippen LogP contribution in [0.2, 0.25) is 0 Å². The van der Waals surface area contributed by atoms with Crippen molar-refractivity contribution in [3.05, 3.63) is 58.6 Å². The smallest absolute Gasteiger partial charge is 0.274 e. The monoisotopic (exact) mass is 339 g/mol. The van der Waals surface area contributed by atoms with Crippen molar-refractivity contribution in [1.29, 1.82) is 0 Å². The lowest BCUT2D eigenvalue weighted by Gasteiger charge is -2.09. The van der Waals surface area contributed by atoms with Crippen molar-refractivity contribution in [2.75, 3.05) is 0 Å². The first-order valence-corrected chi connectivity index (χ1v) is 8.09. The Hall–Kier alpha value is -3.06. The number of aromatic nitrogens is 3. The standard InChI is InChI=1S/C17H13N3O3S/c1-20-8-11(10-6-7-18-14(10)17(20)22)15-16(19-9-24-15)23-13-5-3-2-4-12(13)21/h2-9,18,21H,1H3. The maximum Gasteiger partial charge on any atom is 0.274 e. The number of hydrogen-bond donors (Lipinski definition) is 2. The summed E-state index contributed by atoms with van der Waals surface area (Å²) in [5, 5.41) is 10.7. The second-order valence-corrected chi connectivity index (χ2v) is 6.14. The molecule has 0 atom stereocenters. The number of phenolic OH excluding ortho intramolecular Hbond substituents is 1. The first-order chi connectivity index (χ1) is 11.6. The number of phenols is 1. The van der Waals surface area contributed by atoms with Crippen LogP contribution >= 0.6 is 11.3 Å². The molecule has 0 spiro atoms. The van der Waals surface area contributed by atoms with E-state index in [-0.39, 0.29) is 11.3 Å². The molecule has 0 saturated heterocycles. The predicted octanol–water partition coefficient (Wildman–Crippen LogP) is 3.49. The lowest BCUT2D eigenvalue weighted by atomic mass is 10.1. The summed E-state index contributed by atoms with van der Waals surface area (Å²) in [6.45, 7) is 0. The number of nitrogens with one attached hydrogen (secondary N) is 1. The molecule has 0 aliphatic carbocycles. The second kappa shape index (κ2) is 5.54. The van der Waals surface area contributed by atoms with Crippen LogP contribution in [0, 0.1) is 0 Å². The summed E-state index contributed by atoms with van der Waals surface area (Å²) >= 11 is 1.41. The molecular weight excluding hydrogens is 326 g/mol. The van der Waals surface area contributed by atoms with Crippen LogP contribution in [-0.2, 0) is 7.05 Å². The van der Waals surface area contributed by atoms with E-state index in [1.54, 1.807) is 49.2 Å². The lowest BCUT2D eigenvalue weighted by Crippen LogP contribution is -2.16. The van der Waals surface area contributed by atoms with E-state index in [0.717, 1.165) is 15.8 Å². The van der Waals surface area contributed by atoms with Crippen molar-refractivity contribution >= 4 is 22.2 Å². The molecule has 0 unspecified atom stereocenters. The summed E-state index contributed by atoms with van der Waals surface area (Å²) in [6.07, 6.45) is 3.50. The number of aryl methyl sites for hydroxylation is 1. The van der Waals surface area contributed by atoms with Gasteiger partial charge in [-0.2, -0.15) is 0 Å². The number of benzene rings is 1. The fourth-order valence-corrected chi connectivity index (χ4v) is 3.32. The zero-order valence-corrected chi connectivity index (χ0v) is 13.5. The van der Waals surface area contributed by atoms with Crippen molar-refractivity contribution in [1.82, 2.24) is 14.5 Å². The van der Waals surface area contributed by atoms with Gasteiger partial charge in [0.1, 0.15) is 10.4 Å². The van der Waals surface area contributed by atoms with Gasteiger partial charge in [0, 0.05) is 30.4 Å². The number of ether oxygens (including phenoxy) is 1. The van der Waals surface area contributed by atoms with Crippen LogP contribution in [-0.4, -0.2) is 19.6 Å². The number of aromatic hydroxyl groups is 1. The number of hydrogen-bond acceptors (Lipinski definition) is 5. The SMILES string of the molecule is Cn1cc(-c2scnc2Oc2ccccc2O)c2cc[nH]c2c1=O. The van der Waals surface area contributed by atoms with Gasteiger partial charge in [-0.3, -0.25) is 4.79 Å². The Morgan fingerprint density at radius 3 is 2.96 bits per heavy atom. The Labute approximate surface area is 140 Å². The molecule has 0 amide bonds. The summed E-state index contributed by atoms with van der Waals surface area (Å²) in [7, 11) is 1.71. The van der Waals surface area contributed by atoms with Gasteiger partial charge in [0.25, 0.3) is 5.56 Å². The Bertz CT molecular complexity index is 1090. The lowest BCUT2D eigenvalue weighted by molar-refractivity contribution is 0.405. The van der Waals surface area contributed by atoms with Gasteiger partial charge >= 0.3 is 0 Å². The molecule has 0 aliphatic rings. The molecule has 0 saturated carbocycles. The molecule has 2 N–H and O–H groups in total. The van der Waals surface area contributed by atoms with Crippen LogP contribution in [0.3, 0.4) is 0 Å². The van der Waals surface area contributed by atoms with Crippen LogP contribution in [0.1, 0.15) is 0 Å². The van der Waals surface area contributed by atoms with E-state index in [2.05, 4.69) is 9.97 Å². The number of thiazole rings is 1. The predicted molar refractivity (Wildman–Crippen MR) is 92.8 cm³/mol. The van der Waals surface area contributed by atoms with Crippen molar-refractivity contribution in [3.63, 3.8) is 0 Å². The summed E-state index contributed by atoms with van der Waals surface area (Å²) in [6, 6.07) is 8.58. The zero-order chi connectivity index (χ0) is 16.7. The number of para-hydroxylation sites is 2. The Kier molecular flexibility index (Phi) is 3.35. The van der Waals surface area contributed by atoms with Crippen LogP contribution < -0.4 is 10.3 Å². The third-order valence-electron chi connectivity index (χ3n) is 3.75. The largest absolute Gasteiger partial charge is 0.504 e. The molecule has 6 nitrogen and oxygen atoms in total. The van der Waals surface area contributed by atoms with Gasteiger partial charge in [-0.25, -0.2) is 4.98 Å². The summed E-state index contributed by atoms with van der Waals surface area (Å²) in [5.41, 5.74) is 2.97. The van der Waals surface area contributed by atoms with Crippen LogP contribution in [0.4, 0.5) is 0 Å². The minimum absolute atomic E-state index is 0.0451. The van der Waals surface area contributed by atoms with E-state index in [1.807, 2.05) is 6.07 Å². The number of pyridine rings is 1. The molecule has 0 bridgehead atoms. The van der Waals surface area contributed by atoms with Crippen LogP contribution in [0.25, 0.3) is 21.3 Å². The van der Waals surface area contributed by atoms with Gasteiger partial charge < -0.3 is 19.4 Å². The average Bonchev–Trinajstić information content (AvgIpc) is 3.23. The van der Waals surface area contributed by atoms with Crippen molar-refractivity contribution in [2.45, 2.75) is 0 Å². The van der Waals surface area contributed by atoms with E-state index < -0.39 is 0 Å². The molecular formula is C17H13N3O3S. The number of fused-ring (bicyclic) bond motifs is 1. The van der Waals surface area contributed by atoms with Gasteiger partial charge in [0.05, 0.1) is 5.51 Å². The summed E-state index contributed by atoms with van der Waals surface area (Å²) in [4.78, 5) is 20.2. The first-order valence-electron chi connectivity index (χ1n) is 7.21. The highest BCUT2D eigenvalue weighted by Crippen LogP contribution is 2.40. The second-order valence-electron chi connectivity index (χ2n) is 5.28. The van der Waals surface area contributed by atoms with Gasteiger partial charge in [0.2, 0.25) is 5.88 Å². The first kappa shape index (κ1) is 14.5. The molecule has 0 aliphatic heterocycles. The minimum Gasteiger partial charge on any atom is -0.504 e. The van der Waals surface area contributed by atoms with Crippen molar-refractivity contribution < 1.29 is 9.84 Å². The molecule has 24 heavy (non-hydrogen) atoms. The topological polar surface area (TPSA) is 80.1 Å². The number of H-pyrrole nitrogens is 1. The molecule has 1 aromatic carbocycles. The fraction of sp³-hybridized carbons (Fsp3) is 0.0588. The molecule has 0 fully saturated rings. The third-order valence-corrected chi connectivity index (χ3v) is 4.59. The zero-order valence-electron chi connectivity index (χ0n) is 12.7. The normalized spacial score (nSPS) is 11.0. The number of rotatable bonds is 3. The van der Waals surface area contributed by atoms with Gasteiger partial charge in [0.15, 0.2) is 11.5 Å². The fourth-order valence-electron chi connectivity index (χ4n) is 2.58. The highest BCUT2D eigenvalue weighted by Gasteiger charge is 2.17. The average molecular weight is 339 g/mol. The van der Waals surface area contributed by atoms with Crippen LogP contribution in [0.15, 0.2) is 53.0 Å². The molecule has 7 heteroatoms. The molecule has 3 heterocycles. The Morgan fingerprint density at radius 2 is 2.12 bits per heavy atom. The molecule has 120 valence electrons. The highest BCUT2D eigenvalue weighted by molar-refractivity contribution is 7.13. The van der Waals surface area contributed by atoms with Gasteiger partial charge in [-0.05, 0) is 18.2 Å². The van der Waals surface area contributed by atoms with Gasteiger partial charge in [-0.1, -0.05) is 12.1 Å². The minimum atomic E-state index is -0.0913. The maximum atomic E-state index is 12.2. The van der Waals surface area contributed by atoms with Crippen molar-refractivity contribution in [2.24, 2.45) is 7.05 Å². The quantitative estimate of drug-likeness (QED) is 0.599. The third kappa shape index (κ3) is 2.26. The highest BCUT2D eigenvalue weighted by atomic mass is 32.1. The van der Waals surface area contributed by atoms with E-state index in [9.17, 15) is 9.90 Å². The molecule has 0 radical (unpaired) electrons. The van der Waals surface area contributed by atoms with E-state index in [0.29, 0.717) is 17.1 Å². The maximum absolute atomic E-state index is 12.2. The van der Waals surface area contributed by atoms with Crippen LogP contribution in [0.5, 0.6) is 17.4 Å². The summed E-state index contributed by atoms with van der Waals surface area (Å²) < 4.78 is 7.31. The van der Waals surface area contributed by atoms with Gasteiger partial charge in [-0.15, -0.1) is 11.3 Å². The Balaban J connectivity index is 1.87. The van der Waals surface area contributed by atoms with E-state index in [1.165, 1.54) is 15.9 Å². The van der Waals surface area contributed by atoms with Crippen molar-refractivity contribution in [3.8, 4) is 27.8 Å². The van der Waals surface area contributed by atoms with E-state index in [4.69, 9.17) is 4.74 Å². The Morgan fingerprint density at radius 1 is 1.29 bits per heavy atom. The van der Waals surface area contributed by atoms with E-state index >= 15 is 0 Å². The molecule has 3 aromatic heterocycles. The summed E-state index contributed by atoms with van der Waals surface area (Å²) in [5.74, 6) is 0.770. The number of nitrogens with zero attached hydrogens (tertiary/aromatic N) is 2. The number of aromatic amines is 1. The molecule has 4 aromatic rings.